The molecule has 0 aliphatic carbocycles. The number of benzene rings is 3. The molecular formula is C22H19NO3S. The lowest BCUT2D eigenvalue weighted by atomic mass is 10.0. The Morgan fingerprint density at radius 1 is 1.00 bits per heavy atom. The molecule has 0 saturated carbocycles. The molecule has 0 spiro atoms. The number of nitrogens with zero attached hydrogens (tertiary/aromatic N) is 1. The summed E-state index contributed by atoms with van der Waals surface area (Å²) >= 11 is 4.44. The number of aliphatic hydroxyl groups excluding tert-OH is 1. The summed E-state index contributed by atoms with van der Waals surface area (Å²) in [4.78, 5) is 0.647. The lowest BCUT2D eigenvalue weighted by Crippen LogP contribution is -2.13. The van der Waals surface area contributed by atoms with E-state index >= 15 is 0 Å². The Morgan fingerprint density at radius 3 is 2.22 bits per heavy atom. The van der Waals surface area contributed by atoms with Crippen LogP contribution in [-0.2, 0) is 0 Å². The maximum absolute atomic E-state index is 9.43. The van der Waals surface area contributed by atoms with Crippen molar-refractivity contribution in [3.8, 4) is 34.4 Å². The minimum Gasteiger partial charge on any atom is -0.487 e. The Kier molecular flexibility index (Phi) is 6.02. The molecule has 27 heavy (non-hydrogen) atoms. The fourth-order valence-electron chi connectivity index (χ4n) is 2.50. The van der Waals surface area contributed by atoms with Crippen LogP contribution in [0.2, 0.25) is 0 Å². The van der Waals surface area contributed by atoms with Crippen LogP contribution in [0.4, 0.5) is 0 Å². The predicted octanol–water partition coefficient (Wildman–Crippen LogP) is 5.07. The molecule has 3 aromatic rings. The highest BCUT2D eigenvalue weighted by molar-refractivity contribution is 7.80. The van der Waals surface area contributed by atoms with E-state index in [0.29, 0.717) is 27.7 Å². The van der Waals surface area contributed by atoms with Crippen molar-refractivity contribution < 1.29 is 14.6 Å². The first-order valence-corrected chi connectivity index (χ1v) is 8.93. The van der Waals surface area contributed by atoms with Crippen molar-refractivity contribution in [1.82, 2.24) is 0 Å². The van der Waals surface area contributed by atoms with Crippen LogP contribution in [0.3, 0.4) is 0 Å². The number of hydrogen-bond acceptors (Lipinski definition) is 5. The topological polar surface area (TPSA) is 62.5 Å². The lowest BCUT2D eigenvalue weighted by Gasteiger charge is -2.15. The van der Waals surface area contributed by atoms with Crippen molar-refractivity contribution in [2.24, 2.45) is 0 Å². The van der Waals surface area contributed by atoms with Crippen molar-refractivity contribution in [3.63, 3.8) is 0 Å². The van der Waals surface area contributed by atoms with Gasteiger partial charge in [0.15, 0.2) is 11.5 Å². The van der Waals surface area contributed by atoms with Crippen LogP contribution in [0.25, 0.3) is 11.1 Å². The molecule has 1 unspecified atom stereocenters. The Bertz CT molecular complexity index is 945. The standard InChI is InChI=1S/C22H19NO3S/c1-15(24)14-25-20-3-2-4-21(27)22(20)26-19-11-9-18(10-12-19)17-7-5-16(13-23)6-8-17/h2-12,15,24,27H,14H2,1H3. The quantitative estimate of drug-likeness (QED) is 0.589. The third-order valence-corrected chi connectivity index (χ3v) is 4.21. The molecular weight excluding hydrogens is 358 g/mol. The highest BCUT2D eigenvalue weighted by Crippen LogP contribution is 2.37. The van der Waals surface area contributed by atoms with Gasteiger partial charge in [0, 0.05) is 0 Å². The van der Waals surface area contributed by atoms with Gasteiger partial charge in [0.25, 0.3) is 0 Å². The first-order valence-electron chi connectivity index (χ1n) is 8.48. The van der Waals surface area contributed by atoms with E-state index in [1.807, 2.05) is 48.5 Å². The Balaban J connectivity index is 1.79. The van der Waals surface area contributed by atoms with Crippen LogP contribution in [0, 0.1) is 11.3 Å². The normalized spacial score (nSPS) is 11.5. The smallest absolute Gasteiger partial charge is 0.182 e. The van der Waals surface area contributed by atoms with E-state index in [9.17, 15) is 5.11 Å². The van der Waals surface area contributed by atoms with Gasteiger partial charge >= 0.3 is 0 Å². The summed E-state index contributed by atoms with van der Waals surface area (Å²) in [5.74, 6) is 1.68. The van der Waals surface area contributed by atoms with Gasteiger partial charge in [-0.15, -0.1) is 12.6 Å². The molecule has 0 bridgehead atoms. The van der Waals surface area contributed by atoms with E-state index in [1.54, 1.807) is 25.1 Å². The number of hydrogen-bond donors (Lipinski definition) is 2. The fourth-order valence-corrected chi connectivity index (χ4v) is 2.74. The largest absolute Gasteiger partial charge is 0.487 e. The zero-order valence-corrected chi connectivity index (χ0v) is 15.7. The maximum atomic E-state index is 9.43. The highest BCUT2D eigenvalue weighted by Gasteiger charge is 2.11. The Morgan fingerprint density at radius 2 is 1.63 bits per heavy atom. The fraction of sp³-hybridized carbons (Fsp3) is 0.136. The van der Waals surface area contributed by atoms with Gasteiger partial charge in [0.05, 0.1) is 22.6 Å². The zero-order valence-electron chi connectivity index (χ0n) is 14.8. The van der Waals surface area contributed by atoms with Crippen LogP contribution in [0.5, 0.6) is 17.2 Å². The molecule has 0 amide bonds. The van der Waals surface area contributed by atoms with Crippen LogP contribution in [0.1, 0.15) is 12.5 Å². The minimum atomic E-state index is -0.576. The second kappa shape index (κ2) is 8.63. The molecule has 0 saturated heterocycles. The summed E-state index contributed by atoms with van der Waals surface area (Å²) in [6.45, 7) is 1.83. The van der Waals surface area contributed by atoms with Crippen LogP contribution < -0.4 is 9.47 Å². The summed E-state index contributed by atoms with van der Waals surface area (Å²) in [5.41, 5.74) is 2.68. The number of aliphatic hydroxyl groups is 1. The second-order valence-electron chi connectivity index (χ2n) is 6.08. The van der Waals surface area contributed by atoms with Crippen LogP contribution >= 0.6 is 12.6 Å². The molecule has 3 aromatic carbocycles. The molecule has 1 atom stereocenters. The van der Waals surface area contributed by atoms with Gasteiger partial charge < -0.3 is 14.6 Å². The number of rotatable bonds is 6. The van der Waals surface area contributed by atoms with Crippen molar-refractivity contribution in [1.29, 1.82) is 5.26 Å². The summed E-state index contributed by atoms with van der Waals surface area (Å²) < 4.78 is 11.6. The summed E-state index contributed by atoms with van der Waals surface area (Å²) in [7, 11) is 0. The summed E-state index contributed by atoms with van der Waals surface area (Å²) in [5, 5.41) is 18.3. The van der Waals surface area contributed by atoms with Crippen LogP contribution in [-0.4, -0.2) is 17.8 Å². The molecule has 4 nitrogen and oxygen atoms in total. The SMILES string of the molecule is CC(O)COc1cccc(S)c1Oc1ccc(-c2ccc(C#N)cc2)cc1. The van der Waals surface area contributed by atoms with Crippen molar-refractivity contribution in [2.45, 2.75) is 17.9 Å². The van der Waals surface area contributed by atoms with Crippen molar-refractivity contribution in [2.75, 3.05) is 6.61 Å². The van der Waals surface area contributed by atoms with E-state index in [0.717, 1.165) is 11.1 Å². The molecule has 136 valence electrons. The molecule has 5 heteroatoms. The molecule has 0 aliphatic rings. The van der Waals surface area contributed by atoms with Gasteiger partial charge in [0.2, 0.25) is 0 Å². The van der Waals surface area contributed by atoms with Gasteiger partial charge in [0.1, 0.15) is 12.4 Å². The lowest BCUT2D eigenvalue weighted by molar-refractivity contribution is 0.121. The second-order valence-corrected chi connectivity index (χ2v) is 6.56. The molecule has 3 rings (SSSR count). The molecule has 1 N–H and O–H groups in total. The molecule has 0 heterocycles. The van der Waals surface area contributed by atoms with E-state index in [1.165, 1.54) is 0 Å². The van der Waals surface area contributed by atoms with E-state index in [4.69, 9.17) is 14.7 Å². The van der Waals surface area contributed by atoms with Gasteiger partial charge in [-0.3, -0.25) is 0 Å². The molecule has 0 aromatic heterocycles. The Labute approximate surface area is 164 Å². The highest BCUT2D eigenvalue weighted by atomic mass is 32.1. The number of nitriles is 1. The van der Waals surface area contributed by atoms with E-state index < -0.39 is 6.10 Å². The first-order chi connectivity index (χ1) is 13.1. The molecule has 0 aliphatic heterocycles. The maximum Gasteiger partial charge on any atom is 0.182 e. The van der Waals surface area contributed by atoms with Gasteiger partial charge in [-0.05, 0) is 54.4 Å². The summed E-state index contributed by atoms with van der Waals surface area (Å²) in [6, 6.07) is 22.6. The van der Waals surface area contributed by atoms with E-state index in [2.05, 4.69) is 18.7 Å². The van der Waals surface area contributed by atoms with E-state index in [-0.39, 0.29) is 6.61 Å². The number of para-hydroxylation sites is 1. The average Bonchev–Trinajstić information content (AvgIpc) is 2.69. The van der Waals surface area contributed by atoms with Crippen molar-refractivity contribution in [3.05, 3.63) is 72.3 Å². The average molecular weight is 377 g/mol. The van der Waals surface area contributed by atoms with Crippen molar-refractivity contribution >= 4 is 12.6 Å². The zero-order chi connectivity index (χ0) is 19.2. The summed E-state index contributed by atoms with van der Waals surface area (Å²) in [6.07, 6.45) is -0.576. The van der Waals surface area contributed by atoms with Gasteiger partial charge in [-0.25, -0.2) is 0 Å². The number of thiol groups is 1. The molecule has 0 radical (unpaired) electrons. The minimum absolute atomic E-state index is 0.172. The van der Waals surface area contributed by atoms with Crippen LogP contribution in [0.15, 0.2) is 71.6 Å². The van der Waals surface area contributed by atoms with Gasteiger partial charge in [-0.1, -0.05) is 30.3 Å². The number of ether oxygens (including phenoxy) is 2. The Hall–Kier alpha value is -2.94. The third-order valence-electron chi connectivity index (χ3n) is 3.86. The monoisotopic (exact) mass is 377 g/mol. The predicted molar refractivity (Wildman–Crippen MR) is 108 cm³/mol. The third kappa shape index (κ3) is 4.82. The first kappa shape index (κ1) is 18.8. The molecule has 0 fully saturated rings. The van der Waals surface area contributed by atoms with Gasteiger partial charge in [-0.2, -0.15) is 5.26 Å².